The van der Waals surface area contributed by atoms with Crippen molar-refractivity contribution in [2.75, 3.05) is 27.4 Å². The van der Waals surface area contributed by atoms with Crippen molar-refractivity contribution >= 4 is 28.8 Å². The molecule has 166 valence electrons. The molecular weight excluding hydrogens is 446 g/mol. The molecule has 3 aromatic rings. The highest BCUT2D eigenvalue weighted by molar-refractivity contribution is 7.15. The fourth-order valence-electron chi connectivity index (χ4n) is 3.14. The predicted molar refractivity (Wildman–Crippen MR) is 129 cm³/mol. The molecule has 3 rings (SSSR count). The Morgan fingerprint density at radius 1 is 1.09 bits per heavy atom. The molecule has 0 saturated heterocycles. The number of rotatable bonds is 10. The van der Waals surface area contributed by atoms with E-state index in [9.17, 15) is 4.79 Å². The monoisotopic (exact) mass is 469 g/mol. The summed E-state index contributed by atoms with van der Waals surface area (Å²) in [5.41, 5.74) is 2.04. The highest BCUT2D eigenvalue weighted by Gasteiger charge is 2.23. The van der Waals surface area contributed by atoms with E-state index in [2.05, 4.69) is 11.2 Å². The number of carbonyl (C=O) groups excluding carboxylic acids is 1. The molecule has 32 heavy (non-hydrogen) atoms. The first-order chi connectivity index (χ1) is 15.5. The van der Waals surface area contributed by atoms with Gasteiger partial charge in [0.1, 0.15) is 6.61 Å². The number of nitrogens with one attached hydrogen (secondary N) is 1. The smallest absolute Gasteiger partial charge is 0.254 e. The number of carbonyl (C=O) groups is 1. The first kappa shape index (κ1) is 23.7. The van der Waals surface area contributed by atoms with Crippen molar-refractivity contribution in [1.29, 1.82) is 0 Å². The van der Waals surface area contributed by atoms with Gasteiger partial charge in [-0.05, 0) is 53.9 Å². The number of halogens is 1. The SMILES string of the molecule is C#CCOC(C(=O)NCCc1ccc(OC)c(OC)c1)c1ccc(-c2ccc(Cl)cc2)s1. The van der Waals surface area contributed by atoms with E-state index in [1.54, 1.807) is 14.2 Å². The number of benzene rings is 2. The van der Waals surface area contributed by atoms with Crippen LogP contribution in [0.4, 0.5) is 0 Å². The molecule has 1 heterocycles. The summed E-state index contributed by atoms with van der Waals surface area (Å²) >= 11 is 7.47. The maximum absolute atomic E-state index is 12.9. The van der Waals surface area contributed by atoms with Gasteiger partial charge >= 0.3 is 0 Å². The third-order valence-corrected chi connectivity index (χ3v) is 6.18. The first-order valence-electron chi connectivity index (χ1n) is 9.95. The molecule has 0 saturated carbocycles. The van der Waals surface area contributed by atoms with Gasteiger partial charge in [-0.3, -0.25) is 4.79 Å². The van der Waals surface area contributed by atoms with Gasteiger partial charge in [0.25, 0.3) is 5.91 Å². The van der Waals surface area contributed by atoms with Crippen molar-refractivity contribution in [3.05, 3.63) is 70.1 Å². The molecule has 5 nitrogen and oxygen atoms in total. The van der Waals surface area contributed by atoms with E-state index >= 15 is 0 Å². The Labute approximate surface area is 197 Å². The maximum atomic E-state index is 12.9. The summed E-state index contributed by atoms with van der Waals surface area (Å²) < 4.78 is 16.3. The average molecular weight is 470 g/mol. The van der Waals surface area contributed by atoms with Gasteiger partial charge in [-0.1, -0.05) is 35.7 Å². The van der Waals surface area contributed by atoms with Crippen LogP contribution in [-0.2, 0) is 16.0 Å². The zero-order chi connectivity index (χ0) is 22.9. The fourth-order valence-corrected chi connectivity index (χ4v) is 4.33. The normalized spacial score (nSPS) is 11.4. The van der Waals surface area contributed by atoms with E-state index in [0.29, 0.717) is 29.5 Å². The molecule has 2 aromatic carbocycles. The first-order valence-corrected chi connectivity index (χ1v) is 11.1. The van der Waals surface area contributed by atoms with Gasteiger partial charge in [0.05, 0.1) is 14.2 Å². The summed E-state index contributed by atoms with van der Waals surface area (Å²) in [6.45, 7) is 0.488. The highest BCUT2D eigenvalue weighted by Crippen LogP contribution is 2.33. The molecule has 1 unspecified atom stereocenters. The number of ether oxygens (including phenoxy) is 3. The van der Waals surface area contributed by atoms with Crippen LogP contribution < -0.4 is 14.8 Å². The summed E-state index contributed by atoms with van der Waals surface area (Å²) in [6, 6.07) is 17.1. The van der Waals surface area contributed by atoms with Gasteiger partial charge in [-0.2, -0.15) is 0 Å². The Bertz CT molecular complexity index is 1090. The third kappa shape index (κ3) is 6.04. The lowest BCUT2D eigenvalue weighted by atomic mass is 10.1. The summed E-state index contributed by atoms with van der Waals surface area (Å²) in [5, 5.41) is 3.62. The minimum absolute atomic E-state index is 0.0436. The molecule has 0 aliphatic carbocycles. The quantitative estimate of drug-likeness (QED) is 0.418. The minimum atomic E-state index is -0.775. The van der Waals surface area contributed by atoms with Gasteiger partial charge in [0.2, 0.25) is 0 Å². The Morgan fingerprint density at radius 3 is 2.53 bits per heavy atom. The number of methoxy groups -OCH3 is 2. The van der Waals surface area contributed by atoms with Crippen molar-refractivity contribution in [1.82, 2.24) is 5.32 Å². The molecule has 0 spiro atoms. The predicted octanol–water partition coefficient (Wildman–Crippen LogP) is 5.14. The molecule has 1 amide bonds. The van der Waals surface area contributed by atoms with Gasteiger partial charge in [-0.25, -0.2) is 0 Å². The molecule has 0 aliphatic heterocycles. The topological polar surface area (TPSA) is 56.8 Å². The Morgan fingerprint density at radius 2 is 1.84 bits per heavy atom. The summed E-state index contributed by atoms with van der Waals surface area (Å²) in [6.07, 6.45) is 5.21. The van der Waals surface area contributed by atoms with Crippen molar-refractivity contribution in [3.63, 3.8) is 0 Å². The second kappa shape index (κ2) is 11.6. The van der Waals surface area contributed by atoms with E-state index in [-0.39, 0.29) is 12.5 Å². The third-order valence-electron chi connectivity index (χ3n) is 4.75. The molecule has 1 atom stereocenters. The highest BCUT2D eigenvalue weighted by atomic mass is 35.5. The number of amides is 1. The zero-order valence-corrected chi connectivity index (χ0v) is 19.5. The number of hydrogen-bond donors (Lipinski definition) is 1. The van der Waals surface area contributed by atoms with Crippen LogP contribution in [0.5, 0.6) is 11.5 Å². The van der Waals surface area contributed by atoms with Crippen molar-refractivity contribution in [2.45, 2.75) is 12.5 Å². The van der Waals surface area contributed by atoms with Crippen LogP contribution in [0.25, 0.3) is 10.4 Å². The van der Waals surface area contributed by atoms with E-state index in [1.807, 2.05) is 54.6 Å². The Hall–Kier alpha value is -2.98. The summed E-state index contributed by atoms with van der Waals surface area (Å²) in [4.78, 5) is 14.7. The van der Waals surface area contributed by atoms with Gasteiger partial charge in [0.15, 0.2) is 17.6 Å². The Kier molecular flexibility index (Phi) is 8.57. The molecule has 1 N–H and O–H groups in total. The van der Waals surface area contributed by atoms with E-state index in [0.717, 1.165) is 20.9 Å². The van der Waals surface area contributed by atoms with Crippen LogP contribution in [-0.4, -0.2) is 33.3 Å². The van der Waals surface area contributed by atoms with Crippen LogP contribution in [0.2, 0.25) is 5.02 Å². The second-order valence-corrected chi connectivity index (χ2v) is 8.39. The van der Waals surface area contributed by atoms with E-state index < -0.39 is 6.10 Å². The van der Waals surface area contributed by atoms with Crippen LogP contribution in [0.15, 0.2) is 54.6 Å². The average Bonchev–Trinajstić information content (AvgIpc) is 3.29. The number of thiophene rings is 1. The number of terminal acetylenes is 1. The molecule has 1 aromatic heterocycles. The van der Waals surface area contributed by atoms with Crippen molar-refractivity contribution < 1.29 is 19.0 Å². The standard InChI is InChI=1S/C25H24ClNO4S/c1-4-15-31-24(23-12-11-22(32-23)18-6-8-19(26)9-7-18)25(28)27-14-13-17-5-10-20(29-2)21(16-17)30-3/h1,5-12,16,24H,13-15H2,2-3H3,(H,27,28). The van der Waals surface area contributed by atoms with Crippen LogP contribution in [0.3, 0.4) is 0 Å². The molecular formula is C25H24ClNO4S. The van der Waals surface area contributed by atoms with Gasteiger partial charge in [-0.15, -0.1) is 17.8 Å². The van der Waals surface area contributed by atoms with E-state index in [4.69, 9.17) is 32.2 Å². The molecule has 0 aliphatic rings. The lowest BCUT2D eigenvalue weighted by Gasteiger charge is -2.15. The summed E-state index contributed by atoms with van der Waals surface area (Å²) in [5.74, 6) is 3.52. The van der Waals surface area contributed by atoms with Crippen molar-refractivity contribution in [3.8, 4) is 34.3 Å². The van der Waals surface area contributed by atoms with E-state index in [1.165, 1.54) is 11.3 Å². The largest absolute Gasteiger partial charge is 0.493 e. The second-order valence-electron chi connectivity index (χ2n) is 6.83. The Balaban J connectivity index is 1.66. The number of hydrogen-bond acceptors (Lipinski definition) is 5. The zero-order valence-electron chi connectivity index (χ0n) is 17.9. The summed E-state index contributed by atoms with van der Waals surface area (Å²) in [7, 11) is 3.19. The van der Waals surface area contributed by atoms with Crippen LogP contribution in [0, 0.1) is 12.3 Å². The minimum Gasteiger partial charge on any atom is -0.493 e. The fraction of sp³-hybridized carbons (Fsp3) is 0.240. The van der Waals surface area contributed by atoms with Gasteiger partial charge < -0.3 is 19.5 Å². The van der Waals surface area contributed by atoms with Gasteiger partial charge in [0, 0.05) is 21.3 Å². The van der Waals surface area contributed by atoms with Crippen molar-refractivity contribution in [2.24, 2.45) is 0 Å². The lowest BCUT2D eigenvalue weighted by Crippen LogP contribution is -2.32. The molecule has 0 bridgehead atoms. The van der Waals surface area contributed by atoms with Crippen LogP contribution >= 0.6 is 22.9 Å². The molecule has 0 fully saturated rings. The lowest BCUT2D eigenvalue weighted by molar-refractivity contribution is -0.132. The molecule has 0 radical (unpaired) electrons. The molecule has 7 heteroatoms. The maximum Gasteiger partial charge on any atom is 0.254 e. The van der Waals surface area contributed by atoms with Crippen LogP contribution in [0.1, 0.15) is 16.5 Å².